The fraction of sp³-hybridized carbons (Fsp3) is 0.667. The highest BCUT2D eigenvalue weighted by atomic mass is 16.3. The Morgan fingerprint density at radius 1 is 1.33 bits per heavy atom. The van der Waals surface area contributed by atoms with E-state index < -0.39 is 0 Å². The van der Waals surface area contributed by atoms with Crippen LogP contribution in [0.4, 0.5) is 0 Å². The van der Waals surface area contributed by atoms with Crippen LogP contribution < -0.4 is 5.32 Å². The maximum atomic E-state index is 9.17. The normalized spacial score (nSPS) is 22.9. The number of piperidine rings is 1. The number of benzene rings is 1. The van der Waals surface area contributed by atoms with Crippen molar-refractivity contribution in [2.45, 2.75) is 31.6 Å². The molecule has 2 N–H and O–H groups in total. The lowest BCUT2D eigenvalue weighted by Gasteiger charge is -2.40. The molecule has 1 aliphatic heterocycles. The summed E-state index contributed by atoms with van der Waals surface area (Å²) in [6.07, 6.45) is 3.48. The molecule has 3 heteroatoms. The van der Waals surface area contributed by atoms with Crippen LogP contribution in [0.1, 0.15) is 31.7 Å². The summed E-state index contributed by atoms with van der Waals surface area (Å²) in [5.74, 6) is 0.665. The molecule has 1 aliphatic rings. The van der Waals surface area contributed by atoms with Crippen LogP contribution in [0.15, 0.2) is 30.3 Å². The first-order valence-electron chi connectivity index (χ1n) is 8.21. The van der Waals surface area contributed by atoms with Gasteiger partial charge in [-0.25, -0.2) is 0 Å². The highest BCUT2D eigenvalue weighted by Crippen LogP contribution is 2.27. The first-order valence-corrected chi connectivity index (χ1v) is 8.21. The maximum Gasteiger partial charge on any atom is 0.0434 e. The number of aliphatic hydroxyl groups is 1. The SMILES string of the molecule is CNCC(C)(CN1CCCC(CCO)C1)c1ccccc1. The predicted octanol–water partition coefficient (Wildman–Crippen LogP) is 2.26. The fourth-order valence-corrected chi connectivity index (χ4v) is 3.69. The zero-order valence-corrected chi connectivity index (χ0v) is 13.5. The molecule has 21 heavy (non-hydrogen) atoms. The van der Waals surface area contributed by atoms with Crippen LogP contribution in [0, 0.1) is 5.92 Å². The third-order valence-electron chi connectivity index (χ3n) is 4.75. The molecule has 3 nitrogen and oxygen atoms in total. The van der Waals surface area contributed by atoms with E-state index in [0.29, 0.717) is 12.5 Å². The summed E-state index contributed by atoms with van der Waals surface area (Å²) in [6.45, 7) is 7.07. The Hall–Kier alpha value is -0.900. The summed E-state index contributed by atoms with van der Waals surface area (Å²) in [4.78, 5) is 2.59. The molecule has 2 unspecified atom stereocenters. The Morgan fingerprint density at radius 2 is 2.10 bits per heavy atom. The van der Waals surface area contributed by atoms with Crippen LogP contribution in [-0.2, 0) is 5.41 Å². The van der Waals surface area contributed by atoms with Crippen LogP contribution in [-0.4, -0.2) is 49.8 Å². The first-order chi connectivity index (χ1) is 10.2. The molecule has 0 saturated carbocycles. The maximum absolute atomic E-state index is 9.17. The van der Waals surface area contributed by atoms with Crippen molar-refractivity contribution in [2.24, 2.45) is 5.92 Å². The largest absolute Gasteiger partial charge is 0.396 e. The van der Waals surface area contributed by atoms with E-state index in [1.54, 1.807) is 0 Å². The minimum atomic E-state index is 0.136. The van der Waals surface area contributed by atoms with Crippen LogP contribution in [0.25, 0.3) is 0 Å². The molecular formula is C18H30N2O. The predicted molar refractivity (Wildman–Crippen MR) is 88.6 cm³/mol. The van der Waals surface area contributed by atoms with E-state index in [1.165, 1.54) is 24.9 Å². The smallest absolute Gasteiger partial charge is 0.0434 e. The monoisotopic (exact) mass is 290 g/mol. The van der Waals surface area contributed by atoms with E-state index in [2.05, 4.69) is 47.5 Å². The fourth-order valence-electron chi connectivity index (χ4n) is 3.69. The van der Waals surface area contributed by atoms with Gasteiger partial charge in [0, 0.05) is 31.7 Å². The van der Waals surface area contributed by atoms with Gasteiger partial charge in [-0.05, 0) is 44.3 Å². The number of hydrogen-bond acceptors (Lipinski definition) is 3. The zero-order valence-electron chi connectivity index (χ0n) is 13.5. The molecule has 0 bridgehead atoms. The van der Waals surface area contributed by atoms with Gasteiger partial charge in [0.25, 0.3) is 0 Å². The van der Waals surface area contributed by atoms with E-state index in [4.69, 9.17) is 0 Å². The van der Waals surface area contributed by atoms with Crippen molar-refractivity contribution < 1.29 is 5.11 Å². The van der Waals surface area contributed by atoms with Gasteiger partial charge in [0.05, 0.1) is 0 Å². The number of hydrogen-bond donors (Lipinski definition) is 2. The lowest BCUT2D eigenvalue weighted by molar-refractivity contribution is 0.124. The zero-order chi connectivity index (χ0) is 15.1. The molecule has 1 fully saturated rings. The molecule has 1 saturated heterocycles. The molecule has 1 aromatic carbocycles. The Morgan fingerprint density at radius 3 is 2.76 bits per heavy atom. The highest BCUT2D eigenvalue weighted by Gasteiger charge is 2.30. The average Bonchev–Trinajstić information content (AvgIpc) is 2.49. The molecule has 0 spiro atoms. The van der Waals surface area contributed by atoms with E-state index >= 15 is 0 Å². The van der Waals surface area contributed by atoms with Crippen molar-refractivity contribution in [3.63, 3.8) is 0 Å². The number of likely N-dealkylation sites (tertiary alicyclic amines) is 1. The van der Waals surface area contributed by atoms with Crippen LogP contribution in [0.2, 0.25) is 0 Å². The van der Waals surface area contributed by atoms with Gasteiger partial charge in [-0.15, -0.1) is 0 Å². The second kappa shape index (κ2) is 7.92. The third kappa shape index (κ3) is 4.53. The summed E-state index contributed by atoms with van der Waals surface area (Å²) >= 11 is 0. The van der Waals surface area contributed by atoms with E-state index in [0.717, 1.165) is 26.1 Å². The number of nitrogens with zero attached hydrogens (tertiary/aromatic N) is 1. The van der Waals surface area contributed by atoms with Gasteiger partial charge in [0.1, 0.15) is 0 Å². The molecule has 118 valence electrons. The topological polar surface area (TPSA) is 35.5 Å². The average molecular weight is 290 g/mol. The van der Waals surface area contributed by atoms with E-state index in [1.807, 2.05) is 7.05 Å². The van der Waals surface area contributed by atoms with Crippen LogP contribution >= 0.6 is 0 Å². The van der Waals surface area contributed by atoms with Crippen LogP contribution in [0.3, 0.4) is 0 Å². The summed E-state index contributed by atoms with van der Waals surface area (Å²) in [7, 11) is 2.03. The first kappa shape index (κ1) is 16.5. The minimum absolute atomic E-state index is 0.136. The molecular weight excluding hydrogens is 260 g/mol. The minimum Gasteiger partial charge on any atom is -0.396 e. The van der Waals surface area contributed by atoms with E-state index in [-0.39, 0.29) is 5.41 Å². The van der Waals surface area contributed by atoms with Gasteiger partial charge in [-0.3, -0.25) is 0 Å². The standard InChI is InChI=1S/C18H30N2O/c1-18(14-19-2,17-8-4-3-5-9-17)15-20-11-6-7-16(13-20)10-12-21/h3-5,8-9,16,19,21H,6-7,10-15H2,1-2H3. The van der Waals surface area contributed by atoms with Crippen molar-refractivity contribution in [1.29, 1.82) is 0 Å². The van der Waals surface area contributed by atoms with Crippen molar-refractivity contribution in [3.8, 4) is 0 Å². The molecule has 0 aliphatic carbocycles. The second-order valence-corrected chi connectivity index (χ2v) is 6.71. The van der Waals surface area contributed by atoms with Gasteiger partial charge >= 0.3 is 0 Å². The Bertz CT molecular complexity index is 407. The Balaban J connectivity index is 2.05. The van der Waals surface area contributed by atoms with Crippen molar-refractivity contribution in [1.82, 2.24) is 10.2 Å². The number of rotatable bonds is 7. The molecule has 0 radical (unpaired) electrons. The third-order valence-corrected chi connectivity index (χ3v) is 4.75. The molecule has 0 aromatic heterocycles. The molecule has 2 rings (SSSR count). The molecule has 2 atom stereocenters. The Labute approximate surface area is 129 Å². The second-order valence-electron chi connectivity index (χ2n) is 6.71. The molecule has 1 aromatic rings. The summed E-state index contributed by atoms with van der Waals surface area (Å²) in [6, 6.07) is 10.8. The Kier molecular flexibility index (Phi) is 6.22. The van der Waals surface area contributed by atoms with E-state index in [9.17, 15) is 5.11 Å². The molecule has 1 heterocycles. The highest BCUT2D eigenvalue weighted by molar-refractivity contribution is 5.25. The van der Waals surface area contributed by atoms with Gasteiger partial charge in [0.2, 0.25) is 0 Å². The number of likely N-dealkylation sites (N-methyl/N-ethyl adjacent to an activating group) is 1. The number of aliphatic hydroxyl groups excluding tert-OH is 1. The van der Waals surface area contributed by atoms with Gasteiger partial charge in [0.15, 0.2) is 0 Å². The van der Waals surface area contributed by atoms with Gasteiger partial charge in [-0.2, -0.15) is 0 Å². The summed E-state index contributed by atoms with van der Waals surface area (Å²) in [5.41, 5.74) is 1.54. The van der Waals surface area contributed by atoms with Crippen LogP contribution in [0.5, 0.6) is 0 Å². The molecule has 0 amide bonds. The van der Waals surface area contributed by atoms with Crippen molar-refractivity contribution in [3.05, 3.63) is 35.9 Å². The van der Waals surface area contributed by atoms with Crippen molar-refractivity contribution >= 4 is 0 Å². The van der Waals surface area contributed by atoms with Crippen molar-refractivity contribution in [2.75, 3.05) is 39.8 Å². The summed E-state index contributed by atoms with van der Waals surface area (Å²) in [5, 5.41) is 12.5. The quantitative estimate of drug-likeness (QED) is 0.808. The lowest BCUT2D eigenvalue weighted by Crippen LogP contribution is -2.48. The van der Waals surface area contributed by atoms with Gasteiger partial charge < -0.3 is 15.3 Å². The lowest BCUT2D eigenvalue weighted by atomic mass is 9.81. The number of nitrogens with one attached hydrogen (secondary N) is 1. The van der Waals surface area contributed by atoms with Gasteiger partial charge in [-0.1, -0.05) is 37.3 Å². The summed E-state index contributed by atoms with van der Waals surface area (Å²) < 4.78 is 0.